The number of guanidine groups is 1. The van der Waals surface area contributed by atoms with Gasteiger partial charge in [-0.25, -0.2) is 9.79 Å². The van der Waals surface area contributed by atoms with Gasteiger partial charge in [-0.15, -0.1) is 0 Å². The number of furan rings is 1. The SMILES string of the molecule is CCNC(=NCc1cc(C(=O)OC)c(C)o1)N1CCC(N2CCOCC2)C1. The van der Waals surface area contributed by atoms with Crippen LogP contribution in [0.2, 0.25) is 0 Å². The van der Waals surface area contributed by atoms with Crippen molar-refractivity contribution >= 4 is 11.9 Å². The van der Waals surface area contributed by atoms with Crippen LogP contribution in [0.4, 0.5) is 0 Å². The molecule has 1 aromatic rings. The Kier molecular flexibility index (Phi) is 6.73. The van der Waals surface area contributed by atoms with Gasteiger partial charge >= 0.3 is 5.97 Å². The number of nitrogens with one attached hydrogen (secondary N) is 1. The molecule has 1 aromatic heterocycles. The Balaban J connectivity index is 1.64. The largest absolute Gasteiger partial charge is 0.465 e. The molecule has 8 heteroatoms. The molecule has 2 saturated heterocycles. The van der Waals surface area contributed by atoms with E-state index in [1.807, 2.05) is 0 Å². The Morgan fingerprint density at radius 3 is 2.85 bits per heavy atom. The molecular formula is C19H30N4O4. The first kappa shape index (κ1) is 19.7. The fourth-order valence-electron chi connectivity index (χ4n) is 3.69. The number of morpholine rings is 1. The van der Waals surface area contributed by atoms with Crippen LogP contribution in [0.5, 0.6) is 0 Å². The van der Waals surface area contributed by atoms with E-state index < -0.39 is 0 Å². The van der Waals surface area contributed by atoms with Gasteiger partial charge in [-0.1, -0.05) is 0 Å². The highest BCUT2D eigenvalue weighted by molar-refractivity contribution is 5.90. The highest BCUT2D eigenvalue weighted by Gasteiger charge is 2.30. The molecule has 1 unspecified atom stereocenters. The summed E-state index contributed by atoms with van der Waals surface area (Å²) in [7, 11) is 1.37. The summed E-state index contributed by atoms with van der Waals surface area (Å²) in [4.78, 5) is 21.3. The van der Waals surface area contributed by atoms with Crippen molar-refractivity contribution in [2.24, 2.45) is 4.99 Å². The molecule has 3 heterocycles. The molecule has 8 nitrogen and oxygen atoms in total. The second kappa shape index (κ2) is 9.23. The van der Waals surface area contributed by atoms with E-state index in [9.17, 15) is 4.79 Å². The van der Waals surface area contributed by atoms with Gasteiger partial charge in [0.25, 0.3) is 0 Å². The average molecular weight is 378 g/mol. The highest BCUT2D eigenvalue weighted by atomic mass is 16.5. The van der Waals surface area contributed by atoms with Gasteiger partial charge in [-0.2, -0.15) is 0 Å². The average Bonchev–Trinajstić information content (AvgIpc) is 3.32. The van der Waals surface area contributed by atoms with Crippen LogP contribution in [0.3, 0.4) is 0 Å². The summed E-state index contributed by atoms with van der Waals surface area (Å²) in [6.45, 7) is 10.6. The molecule has 1 N–H and O–H groups in total. The Morgan fingerprint density at radius 1 is 1.37 bits per heavy atom. The number of esters is 1. The minimum absolute atomic E-state index is 0.383. The molecule has 3 rings (SSSR count). The standard InChI is InChI=1S/C19H30N4O4/c1-4-20-19(21-12-16-11-17(14(2)27-16)18(24)25-3)23-6-5-15(13-23)22-7-9-26-10-8-22/h11,15H,4-10,12-13H2,1-3H3,(H,20,21). The summed E-state index contributed by atoms with van der Waals surface area (Å²) in [6, 6.07) is 2.27. The molecule has 27 heavy (non-hydrogen) atoms. The molecule has 150 valence electrons. The molecule has 2 aliphatic heterocycles. The van der Waals surface area contributed by atoms with E-state index in [4.69, 9.17) is 18.9 Å². The van der Waals surface area contributed by atoms with E-state index in [-0.39, 0.29) is 5.97 Å². The summed E-state index contributed by atoms with van der Waals surface area (Å²) < 4.78 is 15.9. The van der Waals surface area contributed by atoms with Gasteiger partial charge in [0.15, 0.2) is 5.96 Å². The van der Waals surface area contributed by atoms with E-state index >= 15 is 0 Å². The summed E-state index contributed by atoms with van der Waals surface area (Å²) in [5.41, 5.74) is 0.459. The van der Waals surface area contributed by atoms with Crippen LogP contribution in [0, 0.1) is 6.92 Å². The first-order valence-electron chi connectivity index (χ1n) is 9.65. The number of carbonyl (C=O) groups is 1. The van der Waals surface area contributed by atoms with E-state index in [2.05, 4.69) is 22.0 Å². The summed E-state index contributed by atoms with van der Waals surface area (Å²) in [5, 5.41) is 3.37. The summed E-state index contributed by atoms with van der Waals surface area (Å²) in [6.07, 6.45) is 1.14. The lowest BCUT2D eigenvalue weighted by Crippen LogP contribution is -2.46. The molecule has 2 fully saturated rings. The lowest BCUT2D eigenvalue weighted by Gasteiger charge is -2.32. The highest BCUT2D eigenvalue weighted by Crippen LogP contribution is 2.19. The molecule has 0 saturated carbocycles. The number of aryl methyl sites for hydroxylation is 1. The molecule has 2 aliphatic rings. The molecular weight excluding hydrogens is 348 g/mol. The quantitative estimate of drug-likeness (QED) is 0.469. The van der Waals surface area contributed by atoms with E-state index in [0.717, 1.165) is 58.3 Å². The van der Waals surface area contributed by atoms with Crippen LogP contribution in [-0.4, -0.2) is 80.8 Å². The van der Waals surface area contributed by atoms with Crippen LogP contribution >= 0.6 is 0 Å². The molecule has 0 spiro atoms. The third kappa shape index (κ3) is 4.81. The normalized spacial score (nSPS) is 21.5. The Hall–Kier alpha value is -2.06. The zero-order chi connectivity index (χ0) is 19.2. The molecule has 0 bridgehead atoms. The minimum Gasteiger partial charge on any atom is -0.465 e. The first-order valence-corrected chi connectivity index (χ1v) is 9.65. The zero-order valence-electron chi connectivity index (χ0n) is 16.5. The zero-order valence-corrected chi connectivity index (χ0v) is 16.5. The smallest absolute Gasteiger partial charge is 0.341 e. The first-order chi connectivity index (χ1) is 13.1. The van der Waals surface area contributed by atoms with Gasteiger partial charge < -0.3 is 24.1 Å². The van der Waals surface area contributed by atoms with Crippen LogP contribution in [-0.2, 0) is 16.0 Å². The van der Waals surface area contributed by atoms with Gasteiger partial charge in [0.1, 0.15) is 23.6 Å². The molecule has 0 aliphatic carbocycles. The van der Waals surface area contributed by atoms with Gasteiger partial charge in [0.2, 0.25) is 0 Å². The number of likely N-dealkylation sites (tertiary alicyclic amines) is 1. The third-order valence-corrected chi connectivity index (χ3v) is 5.12. The van der Waals surface area contributed by atoms with Crippen LogP contribution < -0.4 is 5.32 Å². The molecule has 0 aromatic carbocycles. The second-order valence-electron chi connectivity index (χ2n) is 6.88. The summed E-state index contributed by atoms with van der Waals surface area (Å²) in [5.74, 6) is 1.73. The maximum absolute atomic E-state index is 11.7. The van der Waals surface area contributed by atoms with Crippen molar-refractivity contribution in [1.29, 1.82) is 0 Å². The molecule has 1 atom stereocenters. The van der Waals surface area contributed by atoms with Gasteiger partial charge in [0, 0.05) is 38.8 Å². The number of nitrogens with zero attached hydrogens (tertiary/aromatic N) is 3. The predicted molar refractivity (Wildman–Crippen MR) is 102 cm³/mol. The Labute approximate surface area is 160 Å². The Morgan fingerprint density at radius 2 is 2.15 bits per heavy atom. The van der Waals surface area contributed by atoms with Crippen molar-refractivity contribution in [1.82, 2.24) is 15.1 Å². The van der Waals surface area contributed by atoms with Gasteiger partial charge in [0.05, 0.1) is 20.3 Å². The number of rotatable bonds is 5. The van der Waals surface area contributed by atoms with Crippen LogP contribution in [0.1, 0.15) is 35.2 Å². The molecule has 0 radical (unpaired) electrons. The van der Waals surface area contributed by atoms with Crippen LogP contribution in [0.25, 0.3) is 0 Å². The van der Waals surface area contributed by atoms with E-state index in [0.29, 0.717) is 29.7 Å². The maximum Gasteiger partial charge on any atom is 0.341 e. The van der Waals surface area contributed by atoms with E-state index in [1.54, 1.807) is 13.0 Å². The second-order valence-corrected chi connectivity index (χ2v) is 6.88. The van der Waals surface area contributed by atoms with Crippen molar-refractivity contribution in [3.8, 4) is 0 Å². The fourth-order valence-corrected chi connectivity index (χ4v) is 3.69. The number of methoxy groups -OCH3 is 1. The number of aliphatic imine (C=N–C) groups is 1. The third-order valence-electron chi connectivity index (χ3n) is 5.12. The van der Waals surface area contributed by atoms with Crippen molar-refractivity contribution in [3.63, 3.8) is 0 Å². The maximum atomic E-state index is 11.7. The monoisotopic (exact) mass is 378 g/mol. The topological polar surface area (TPSA) is 79.5 Å². The number of carbonyl (C=O) groups excluding carboxylic acids is 1. The Bertz CT molecular complexity index is 667. The summed E-state index contributed by atoms with van der Waals surface area (Å²) >= 11 is 0. The number of hydrogen-bond donors (Lipinski definition) is 1. The van der Waals surface area contributed by atoms with Crippen molar-refractivity contribution in [3.05, 3.63) is 23.2 Å². The van der Waals surface area contributed by atoms with E-state index in [1.165, 1.54) is 7.11 Å². The van der Waals surface area contributed by atoms with Crippen LogP contribution in [0.15, 0.2) is 15.5 Å². The number of hydrogen-bond acceptors (Lipinski definition) is 6. The van der Waals surface area contributed by atoms with Gasteiger partial charge in [-0.3, -0.25) is 4.90 Å². The predicted octanol–water partition coefficient (Wildman–Crippen LogP) is 1.25. The fraction of sp³-hybridized carbons (Fsp3) is 0.684. The van der Waals surface area contributed by atoms with Crippen molar-refractivity contribution in [2.45, 2.75) is 32.9 Å². The lowest BCUT2D eigenvalue weighted by atomic mass is 10.2. The van der Waals surface area contributed by atoms with Gasteiger partial charge in [-0.05, 0) is 26.3 Å². The number of ether oxygens (including phenoxy) is 2. The minimum atomic E-state index is -0.383. The molecule has 0 amide bonds. The van der Waals surface area contributed by atoms with Crippen molar-refractivity contribution < 1.29 is 18.7 Å². The van der Waals surface area contributed by atoms with Crippen molar-refractivity contribution in [2.75, 3.05) is 53.0 Å². The lowest BCUT2D eigenvalue weighted by molar-refractivity contribution is 0.0195.